The average Bonchev–Trinajstić information content (AvgIpc) is 2.67. The van der Waals surface area contributed by atoms with Crippen LogP contribution >= 0.6 is 0 Å². The lowest BCUT2D eigenvalue weighted by molar-refractivity contribution is -0.139. The van der Waals surface area contributed by atoms with Gasteiger partial charge in [-0.1, -0.05) is 12.1 Å². The van der Waals surface area contributed by atoms with Gasteiger partial charge in [-0.25, -0.2) is 0 Å². The summed E-state index contributed by atoms with van der Waals surface area (Å²) in [7, 11) is 1.39. The molecule has 1 aromatic carbocycles. The van der Waals surface area contributed by atoms with Gasteiger partial charge in [-0.15, -0.1) is 0 Å². The van der Waals surface area contributed by atoms with Crippen LogP contribution in [0.5, 0.6) is 0 Å². The summed E-state index contributed by atoms with van der Waals surface area (Å²) in [6.45, 7) is 2.63. The molecule has 4 heteroatoms. The number of ether oxygens (including phenoxy) is 1. The molecular weight excluding hydrogens is 230 g/mol. The van der Waals surface area contributed by atoms with E-state index in [2.05, 4.69) is 6.07 Å². The molecule has 2 rings (SSSR count). The van der Waals surface area contributed by atoms with Crippen molar-refractivity contribution in [2.75, 3.05) is 13.7 Å². The molecule has 0 atom stereocenters. The summed E-state index contributed by atoms with van der Waals surface area (Å²) in [6, 6.07) is 6.09. The molecule has 4 nitrogen and oxygen atoms in total. The fraction of sp³-hybridized carbons (Fsp3) is 0.357. The Balaban J connectivity index is 2.50. The molecule has 0 unspecified atom stereocenters. The molecule has 0 amide bonds. The summed E-state index contributed by atoms with van der Waals surface area (Å²) in [5, 5.41) is 10.1. The molecular formula is C14H17NO3. The number of aliphatic hydroxyl groups is 1. The third-order valence-electron chi connectivity index (χ3n) is 3.02. The molecule has 0 aliphatic carbocycles. The van der Waals surface area contributed by atoms with Gasteiger partial charge in [0.2, 0.25) is 0 Å². The van der Waals surface area contributed by atoms with Crippen molar-refractivity contribution in [1.29, 1.82) is 0 Å². The summed E-state index contributed by atoms with van der Waals surface area (Å²) in [6.07, 6.45) is 2.17. The van der Waals surface area contributed by atoms with Crippen LogP contribution in [0.1, 0.15) is 11.1 Å². The highest BCUT2D eigenvalue weighted by molar-refractivity contribution is 5.88. The van der Waals surface area contributed by atoms with E-state index in [1.165, 1.54) is 7.11 Å². The van der Waals surface area contributed by atoms with Gasteiger partial charge in [-0.2, -0.15) is 0 Å². The molecule has 1 aromatic heterocycles. The van der Waals surface area contributed by atoms with Gasteiger partial charge in [0.15, 0.2) is 0 Å². The summed E-state index contributed by atoms with van der Waals surface area (Å²) in [4.78, 5) is 11.4. The molecule has 2 aromatic rings. The number of aliphatic hydroxyl groups excluding tert-OH is 1. The van der Waals surface area contributed by atoms with Crippen molar-refractivity contribution >= 4 is 16.9 Å². The van der Waals surface area contributed by atoms with Crippen LogP contribution < -0.4 is 0 Å². The quantitative estimate of drug-likeness (QED) is 0.836. The van der Waals surface area contributed by atoms with Crippen LogP contribution in [0.3, 0.4) is 0 Å². The number of rotatable bonds is 4. The fourth-order valence-electron chi connectivity index (χ4n) is 2.14. The van der Waals surface area contributed by atoms with Crippen LogP contribution in [0, 0.1) is 6.92 Å². The standard InChI is InChI=1S/C14H17NO3/c1-10-3-4-12-11(8-14(17)18-2)9-15(5-6-16)13(12)7-10/h3-4,7,9,16H,5-6,8H2,1-2H3. The molecule has 1 heterocycles. The Hall–Kier alpha value is -1.81. The van der Waals surface area contributed by atoms with E-state index >= 15 is 0 Å². The van der Waals surface area contributed by atoms with E-state index in [1.54, 1.807) is 0 Å². The second-order valence-corrected chi connectivity index (χ2v) is 4.34. The van der Waals surface area contributed by atoms with Crippen molar-refractivity contribution < 1.29 is 14.6 Å². The monoisotopic (exact) mass is 247 g/mol. The van der Waals surface area contributed by atoms with Crippen molar-refractivity contribution in [1.82, 2.24) is 4.57 Å². The minimum Gasteiger partial charge on any atom is -0.469 e. The van der Waals surface area contributed by atoms with Crippen molar-refractivity contribution in [2.24, 2.45) is 0 Å². The van der Waals surface area contributed by atoms with E-state index in [1.807, 2.05) is 29.8 Å². The molecule has 0 bridgehead atoms. The van der Waals surface area contributed by atoms with Crippen LogP contribution in [-0.2, 0) is 22.5 Å². The highest BCUT2D eigenvalue weighted by atomic mass is 16.5. The first-order chi connectivity index (χ1) is 8.65. The lowest BCUT2D eigenvalue weighted by Gasteiger charge is -2.02. The number of aryl methyl sites for hydroxylation is 1. The number of benzene rings is 1. The Morgan fingerprint density at radius 2 is 2.22 bits per heavy atom. The van der Waals surface area contributed by atoms with Crippen LogP contribution in [0.4, 0.5) is 0 Å². The minimum absolute atomic E-state index is 0.0788. The van der Waals surface area contributed by atoms with E-state index in [4.69, 9.17) is 9.84 Å². The molecule has 0 saturated carbocycles. The first-order valence-electron chi connectivity index (χ1n) is 5.91. The summed E-state index contributed by atoms with van der Waals surface area (Å²) in [5.41, 5.74) is 3.14. The zero-order valence-electron chi connectivity index (χ0n) is 10.6. The van der Waals surface area contributed by atoms with E-state index in [-0.39, 0.29) is 19.0 Å². The smallest absolute Gasteiger partial charge is 0.310 e. The number of nitrogens with zero attached hydrogens (tertiary/aromatic N) is 1. The van der Waals surface area contributed by atoms with Crippen LogP contribution in [-0.4, -0.2) is 29.4 Å². The minimum atomic E-state index is -0.251. The Bertz CT molecular complexity index is 572. The molecule has 18 heavy (non-hydrogen) atoms. The molecule has 0 fully saturated rings. The normalized spacial score (nSPS) is 10.8. The number of methoxy groups -OCH3 is 1. The lowest BCUT2D eigenvalue weighted by Crippen LogP contribution is -2.04. The number of aromatic nitrogens is 1. The highest BCUT2D eigenvalue weighted by Crippen LogP contribution is 2.23. The number of hydrogen-bond donors (Lipinski definition) is 1. The van der Waals surface area contributed by atoms with Gasteiger partial charge in [-0.3, -0.25) is 4.79 Å². The number of esters is 1. The second-order valence-electron chi connectivity index (χ2n) is 4.34. The summed E-state index contributed by atoms with van der Waals surface area (Å²) in [5.74, 6) is -0.251. The Morgan fingerprint density at radius 1 is 1.44 bits per heavy atom. The first-order valence-corrected chi connectivity index (χ1v) is 5.91. The summed E-state index contributed by atoms with van der Waals surface area (Å²) >= 11 is 0. The van der Waals surface area contributed by atoms with E-state index in [9.17, 15) is 4.79 Å². The molecule has 1 N–H and O–H groups in total. The van der Waals surface area contributed by atoms with Gasteiger partial charge in [0.05, 0.1) is 20.1 Å². The third kappa shape index (κ3) is 2.38. The van der Waals surface area contributed by atoms with E-state index < -0.39 is 0 Å². The van der Waals surface area contributed by atoms with Crippen LogP contribution in [0.25, 0.3) is 10.9 Å². The molecule has 96 valence electrons. The predicted molar refractivity (Wildman–Crippen MR) is 69.5 cm³/mol. The molecule has 0 aliphatic heterocycles. The molecule has 0 spiro atoms. The fourth-order valence-corrected chi connectivity index (χ4v) is 2.14. The maximum atomic E-state index is 11.4. The molecule has 0 aliphatic rings. The zero-order valence-corrected chi connectivity index (χ0v) is 10.6. The zero-order chi connectivity index (χ0) is 13.1. The van der Waals surface area contributed by atoms with Crippen molar-refractivity contribution in [3.8, 4) is 0 Å². The van der Waals surface area contributed by atoms with Crippen LogP contribution in [0.2, 0.25) is 0 Å². The average molecular weight is 247 g/mol. The van der Waals surface area contributed by atoms with Gasteiger partial charge in [0.1, 0.15) is 0 Å². The lowest BCUT2D eigenvalue weighted by atomic mass is 10.1. The maximum Gasteiger partial charge on any atom is 0.310 e. The van der Waals surface area contributed by atoms with Crippen molar-refractivity contribution in [2.45, 2.75) is 19.9 Å². The molecule has 0 radical (unpaired) electrons. The van der Waals surface area contributed by atoms with Crippen molar-refractivity contribution in [3.63, 3.8) is 0 Å². The second kappa shape index (κ2) is 5.23. The van der Waals surface area contributed by atoms with E-state index in [0.29, 0.717) is 6.54 Å². The summed E-state index contributed by atoms with van der Waals surface area (Å²) < 4.78 is 6.67. The maximum absolute atomic E-state index is 11.4. The number of carbonyl (C=O) groups excluding carboxylic acids is 1. The van der Waals surface area contributed by atoms with Gasteiger partial charge in [-0.05, 0) is 24.1 Å². The highest BCUT2D eigenvalue weighted by Gasteiger charge is 2.12. The molecule has 0 saturated heterocycles. The number of carbonyl (C=O) groups is 1. The van der Waals surface area contributed by atoms with Gasteiger partial charge < -0.3 is 14.4 Å². The Morgan fingerprint density at radius 3 is 2.89 bits per heavy atom. The largest absolute Gasteiger partial charge is 0.469 e. The first kappa shape index (κ1) is 12.6. The van der Waals surface area contributed by atoms with Gasteiger partial charge in [0, 0.05) is 23.6 Å². The topological polar surface area (TPSA) is 51.5 Å². The third-order valence-corrected chi connectivity index (χ3v) is 3.02. The Labute approximate surface area is 106 Å². The Kier molecular flexibility index (Phi) is 3.67. The van der Waals surface area contributed by atoms with Gasteiger partial charge in [0.25, 0.3) is 0 Å². The number of fused-ring (bicyclic) bond motifs is 1. The predicted octanol–water partition coefficient (Wildman–Crippen LogP) is 1.66. The van der Waals surface area contributed by atoms with Gasteiger partial charge >= 0.3 is 5.97 Å². The SMILES string of the molecule is COC(=O)Cc1cn(CCO)c2cc(C)ccc12. The van der Waals surface area contributed by atoms with Crippen LogP contribution in [0.15, 0.2) is 24.4 Å². The van der Waals surface area contributed by atoms with Crippen molar-refractivity contribution in [3.05, 3.63) is 35.5 Å². The number of hydrogen-bond acceptors (Lipinski definition) is 3. The van der Waals surface area contributed by atoms with E-state index in [0.717, 1.165) is 22.0 Å².